The predicted octanol–water partition coefficient (Wildman–Crippen LogP) is 4.10. The average Bonchev–Trinajstić information content (AvgIpc) is 3.38. The summed E-state index contributed by atoms with van der Waals surface area (Å²) in [4.78, 5) is 0. The van der Waals surface area contributed by atoms with Gasteiger partial charge in [0.25, 0.3) is 0 Å². The van der Waals surface area contributed by atoms with E-state index in [0.29, 0.717) is 27.9 Å². The number of benzene rings is 2. The van der Waals surface area contributed by atoms with E-state index < -0.39 is 5.82 Å². The maximum atomic E-state index is 14.0. The maximum absolute atomic E-state index is 14.0. The normalized spacial score (nSPS) is 11.3. The zero-order valence-electron chi connectivity index (χ0n) is 15.0. The van der Waals surface area contributed by atoms with E-state index in [4.69, 9.17) is 27.9 Å². The number of rotatable bonds is 5. The SMILES string of the molecule is COc1ccc(-[n+]2cc(/C=C/c3nn[nH]n3)c(-c3ccc(Cl)c(F)c3)[nH]2)cc1Cl. The zero-order chi connectivity index (χ0) is 20.4. The molecule has 10 heteroatoms. The van der Waals surface area contributed by atoms with E-state index in [2.05, 4.69) is 25.7 Å². The standard InChI is InChI=1S/C19H13Cl2FN6O/c1-29-17-6-4-13(9-15(17)21)28-10-12(3-7-18-23-26-27-24-18)19(25-28)11-2-5-14(20)16(22)8-11/h2-10H,1H3,(H,23,24,26,27)/p+1/b7-3+. The van der Waals surface area contributed by atoms with Crippen LogP contribution in [-0.2, 0) is 0 Å². The second-order valence-corrected chi connectivity index (χ2v) is 6.81. The van der Waals surface area contributed by atoms with Crippen molar-refractivity contribution in [3.63, 3.8) is 0 Å². The Balaban J connectivity index is 1.81. The van der Waals surface area contributed by atoms with Gasteiger partial charge in [-0.25, -0.2) is 4.39 Å². The van der Waals surface area contributed by atoms with Crippen LogP contribution in [0.2, 0.25) is 10.0 Å². The molecule has 0 saturated heterocycles. The summed E-state index contributed by atoms with van der Waals surface area (Å²) in [6.45, 7) is 0. The summed E-state index contributed by atoms with van der Waals surface area (Å²) < 4.78 is 21.0. The van der Waals surface area contributed by atoms with Crippen LogP contribution in [0.5, 0.6) is 5.75 Å². The molecule has 2 heterocycles. The lowest BCUT2D eigenvalue weighted by molar-refractivity contribution is -0.654. The molecule has 0 radical (unpaired) electrons. The molecule has 4 rings (SSSR count). The molecule has 0 bridgehead atoms. The molecular formula is C19H14Cl2FN6O+. The predicted molar refractivity (Wildman–Crippen MR) is 107 cm³/mol. The summed E-state index contributed by atoms with van der Waals surface area (Å²) in [5.74, 6) is 0.476. The smallest absolute Gasteiger partial charge is 0.237 e. The Hall–Kier alpha value is -3.23. The van der Waals surface area contributed by atoms with E-state index in [1.807, 2.05) is 12.3 Å². The molecule has 0 saturated carbocycles. The number of tetrazole rings is 1. The summed E-state index contributed by atoms with van der Waals surface area (Å²) >= 11 is 12.1. The summed E-state index contributed by atoms with van der Waals surface area (Å²) in [7, 11) is 1.55. The van der Waals surface area contributed by atoms with Crippen molar-refractivity contribution < 1.29 is 13.8 Å². The Morgan fingerprint density at radius 2 is 1.97 bits per heavy atom. The van der Waals surface area contributed by atoms with Gasteiger partial charge in [0.15, 0.2) is 5.82 Å². The van der Waals surface area contributed by atoms with Crippen molar-refractivity contribution >= 4 is 35.4 Å². The lowest BCUT2D eigenvalue weighted by Crippen LogP contribution is -2.31. The van der Waals surface area contributed by atoms with Crippen LogP contribution in [-0.4, -0.2) is 32.8 Å². The molecule has 146 valence electrons. The van der Waals surface area contributed by atoms with Gasteiger partial charge in [0.05, 0.1) is 22.7 Å². The Bertz CT molecular complexity index is 1190. The minimum Gasteiger partial charge on any atom is -0.495 e. The van der Waals surface area contributed by atoms with Gasteiger partial charge in [-0.3, -0.25) is 0 Å². The molecule has 0 amide bonds. The van der Waals surface area contributed by atoms with E-state index in [-0.39, 0.29) is 5.02 Å². The maximum Gasteiger partial charge on any atom is 0.237 e. The Kier molecular flexibility index (Phi) is 5.28. The molecule has 0 aliphatic heterocycles. The third kappa shape index (κ3) is 3.98. The number of nitrogens with one attached hydrogen (secondary N) is 2. The van der Waals surface area contributed by atoms with E-state index in [0.717, 1.165) is 11.3 Å². The molecule has 0 aliphatic rings. The van der Waals surface area contributed by atoms with Crippen LogP contribution < -0.4 is 9.42 Å². The topological polar surface area (TPSA) is 83.4 Å². The number of halogens is 3. The van der Waals surface area contributed by atoms with Gasteiger partial charge in [0, 0.05) is 17.7 Å². The second-order valence-electron chi connectivity index (χ2n) is 5.99. The Labute approximate surface area is 174 Å². The zero-order valence-corrected chi connectivity index (χ0v) is 16.5. The summed E-state index contributed by atoms with van der Waals surface area (Å²) in [6.07, 6.45) is 5.33. The highest BCUT2D eigenvalue weighted by molar-refractivity contribution is 6.32. The number of nitrogens with zero attached hydrogens (tertiary/aromatic N) is 4. The number of aromatic nitrogens is 6. The van der Waals surface area contributed by atoms with Crippen molar-refractivity contribution in [1.82, 2.24) is 25.7 Å². The molecule has 0 atom stereocenters. The van der Waals surface area contributed by atoms with Crippen LogP contribution in [0.1, 0.15) is 11.4 Å². The summed E-state index contributed by atoms with van der Waals surface area (Å²) in [5.41, 5.74) is 2.83. The van der Waals surface area contributed by atoms with Gasteiger partial charge in [0.1, 0.15) is 17.3 Å². The van der Waals surface area contributed by atoms with Gasteiger partial charge in [-0.15, -0.1) is 10.2 Å². The number of aromatic amines is 2. The van der Waals surface area contributed by atoms with Gasteiger partial charge in [0.2, 0.25) is 11.9 Å². The van der Waals surface area contributed by atoms with Crippen LogP contribution >= 0.6 is 23.2 Å². The number of methoxy groups -OCH3 is 1. The molecule has 0 spiro atoms. The van der Waals surface area contributed by atoms with Crippen molar-refractivity contribution in [3.8, 4) is 22.7 Å². The first kappa shape index (κ1) is 19.1. The fourth-order valence-corrected chi connectivity index (χ4v) is 3.15. The molecule has 29 heavy (non-hydrogen) atoms. The van der Waals surface area contributed by atoms with Gasteiger partial charge in [-0.2, -0.15) is 10.3 Å². The average molecular weight is 432 g/mol. The molecule has 2 aromatic heterocycles. The first-order valence-electron chi connectivity index (χ1n) is 8.40. The first-order chi connectivity index (χ1) is 14.0. The van der Waals surface area contributed by atoms with Crippen LogP contribution in [0.4, 0.5) is 4.39 Å². The molecule has 2 aromatic carbocycles. The number of ether oxygens (including phenoxy) is 1. The third-order valence-electron chi connectivity index (χ3n) is 4.18. The molecule has 0 aliphatic carbocycles. The Morgan fingerprint density at radius 3 is 2.66 bits per heavy atom. The third-order valence-corrected chi connectivity index (χ3v) is 4.79. The van der Waals surface area contributed by atoms with Crippen molar-refractivity contribution in [3.05, 3.63) is 69.8 Å². The van der Waals surface area contributed by atoms with Gasteiger partial charge in [-0.1, -0.05) is 34.0 Å². The highest BCUT2D eigenvalue weighted by Gasteiger charge is 2.19. The Morgan fingerprint density at radius 1 is 1.10 bits per heavy atom. The van der Waals surface area contributed by atoms with Crippen molar-refractivity contribution in [1.29, 1.82) is 0 Å². The first-order valence-corrected chi connectivity index (χ1v) is 9.16. The van der Waals surface area contributed by atoms with Crippen LogP contribution in [0, 0.1) is 5.82 Å². The number of H-pyrrole nitrogens is 2. The molecular weight excluding hydrogens is 418 g/mol. The van der Waals surface area contributed by atoms with Crippen molar-refractivity contribution in [2.75, 3.05) is 7.11 Å². The monoisotopic (exact) mass is 431 g/mol. The van der Waals surface area contributed by atoms with E-state index >= 15 is 0 Å². The number of hydrogen-bond acceptors (Lipinski definition) is 4. The largest absolute Gasteiger partial charge is 0.495 e. The molecule has 4 aromatic rings. The van der Waals surface area contributed by atoms with Gasteiger partial charge in [-0.05, 0) is 35.6 Å². The van der Waals surface area contributed by atoms with E-state index in [1.165, 1.54) is 12.1 Å². The molecule has 7 nitrogen and oxygen atoms in total. The fourth-order valence-electron chi connectivity index (χ4n) is 2.78. The summed E-state index contributed by atoms with van der Waals surface area (Å²) in [6, 6.07) is 9.98. The molecule has 0 fully saturated rings. The highest BCUT2D eigenvalue weighted by Crippen LogP contribution is 2.28. The molecule has 2 N–H and O–H groups in total. The van der Waals surface area contributed by atoms with E-state index in [1.54, 1.807) is 42.1 Å². The van der Waals surface area contributed by atoms with Crippen molar-refractivity contribution in [2.24, 2.45) is 0 Å². The van der Waals surface area contributed by atoms with Crippen LogP contribution in [0.15, 0.2) is 42.6 Å². The minimum absolute atomic E-state index is 0.0546. The minimum atomic E-state index is -0.508. The lowest BCUT2D eigenvalue weighted by Gasteiger charge is -2.01. The number of hydrogen-bond donors (Lipinski definition) is 2. The molecule has 0 unspecified atom stereocenters. The fraction of sp³-hybridized carbons (Fsp3) is 0.0526. The second kappa shape index (κ2) is 8.02. The highest BCUT2D eigenvalue weighted by atomic mass is 35.5. The van der Waals surface area contributed by atoms with Gasteiger partial charge >= 0.3 is 0 Å². The van der Waals surface area contributed by atoms with Gasteiger partial charge < -0.3 is 4.74 Å². The van der Waals surface area contributed by atoms with Crippen molar-refractivity contribution in [2.45, 2.75) is 0 Å². The summed E-state index contributed by atoms with van der Waals surface area (Å²) in [5, 5.41) is 17.5. The van der Waals surface area contributed by atoms with Crippen LogP contribution in [0.25, 0.3) is 29.1 Å². The lowest BCUT2D eigenvalue weighted by atomic mass is 10.1. The van der Waals surface area contributed by atoms with Crippen LogP contribution in [0.3, 0.4) is 0 Å². The quantitative estimate of drug-likeness (QED) is 0.466. The van der Waals surface area contributed by atoms with E-state index in [9.17, 15) is 4.39 Å².